The number of hydrogen-bond donors (Lipinski definition) is 2. The number of halogens is 3. The predicted molar refractivity (Wildman–Crippen MR) is 86.8 cm³/mol. The van der Waals surface area contributed by atoms with Gasteiger partial charge in [0.05, 0.1) is 20.3 Å². The minimum atomic E-state index is -0.459. The Bertz CT molecular complexity index is 660. The minimum absolute atomic E-state index is 0.158. The van der Waals surface area contributed by atoms with E-state index < -0.39 is 11.7 Å². The molecule has 4 nitrogen and oxygen atoms in total. The van der Waals surface area contributed by atoms with Crippen LogP contribution < -0.4 is 15.8 Å². The molecule has 1 amide bonds. The molecule has 0 unspecified atom stereocenters. The van der Waals surface area contributed by atoms with E-state index >= 15 is 0 Å². The molecule has 3 N–H and O–H groups in total. The molecule has 7 heteroatoms. The number of nitrogens with one attached hydrogen (secondary N) is 1. The molecular formula is C14H11Br2FN2O2. The zero-order valence-electron chi connectivity index (χ0n) is 10.7. The quantitative estimate of drug-likeness (QED) is 0.740. The fraction of sp³-hybridized carbons (Fsp3) is 0.0714. The first kappa shape index (κ1) is 15.8. The zero-order chi connectivity index (χ0) is 15.4. The second kappa shape index (κ2) is 6.91. The Morgan fingerprint density at radius 2 is 1.90 bits per heavy atom. The molecule has 0 radical (unpaired) electrons. The normalized spacial score (nSPS) is 10.2. The highest BCUT2D eigenvalue weighted by Gasteiger charge is 2.10. The second-order valence-electron chi connectivity index (χ2n) is 4.12. The third-order valence-corrected chi connectivity index (χ3v) is 3.80. The van der Waals surface area contributed by atoms with Crippen molar-refractivity contribution >= 4 is 49.1 Å². The van der Waals surface area contributed by atoms with Crippen molar-refractivity contribution in [1.29, 1.82) is 0 Å². The van der Waals surface area contributed by atoms with Gasteiger partial charge in [-0.1, -0.05) is 6.07 Å². The van der Waals surface area contributed by atoms with Gasteiger partial charge < -0.3 is 15.8 Å². The molecule has 2 aromatic carbocycles. The molecule has 0 saturated heterocycles. The molecule has 0 spiro atoms. The number of rotatable bonds is 4. The molecule has 2 aromatic rings. The van der Waals surface area contributed by atoms with E-state index in [4.69, 9.17) is 10.5 Å². The van der Waals surface area contributed by atoms with E-state index in [9.17, 15) is 9.18 Å². The Balaban J connectivity index is 1.99. The van der Waals surface area contributed by atoms with Crippen LogP contribution in [0.2, 0.25) is 0 Å². The number of carbonyl (C=O) groups is 1. The third-order valence-electron chi connectivity index (χ3n) is 2.55. The lowest BCUT2D eigenvalue weighted by Gasteiger charge is -2.11. The van der Waals surface area contributed by atoms with E-state index in [1.54, 1.807) is 12.1 Å². The van der Waals surface area contributed by atoms with Crippen LogP contribution in [0.15, 0.2) is 45.3 Å². The number of ether oxygens (including phenoxy) is 1. The molecule has 0 aliphatic rings. The average molecular weight is 418 g/mol. The van der Waals surface area contributed by atoms with Crippen LogP contribution in [0.4, 0.5) is 15.8 Å². The van der Waals surface area contributed by atoms with Gasteiger partial charge in [0.25, 0.3) is 5.91 Å². The van der Waals surface area contributed by atoms with Gasteiger partial charge in [0, 0.05) is 0 Å². The molecule has 0 aliphatic heterocycles. The molecular weight excluding hydrogens is 407 g/mol. The Hall–Kier alpha value is -1.60. The van der Waals surface area contributed by atoms with Crippen molar-refractivity contribution in [2.24, 2.45) is 0 Å². The summed E-state index contributed by atoms with van der Waals surface area (Å²) >= 11 is 6.67. The van der Waals surface area contributed by atoms with Crippen molar-refractivity contribution in [1.82, 2.24) is 0 Å². The summed E-state index contributed by atoms with van der Waals surface area (Å²) in [5.74, 6) is -0.324. The standard InChI is InChI=1S/C14H11Br2FN2O2/c15-9-2-1-3-10(16)14(9)21-7-13(20)19-12-5-4-8(17)6-11(12)18/h1-6H,7,18H2,(H,19,20). The lowest BCUT2D eigenvalue weighted by molar-refractivity contribution is -0.118. The van der Waals surface area contributed by atoms with Crippen molar-refractivity contribution < 1.29 is 13.9 Å². The minimum Gasteiger partial charge on any atom is -0.481 e. The zero-order valence-corrected chi connectivity index (χ0v) is 13.9. The lowest BCUT2D eigenvalue weighted by Crippen LogP contribution is -2.21. The Labute approximate surface area is 137 Å². The summed E-state index contributed by atoms with van der Waals surface area (Å²) in [6.07, 6.45) is 0. The first-order chi connectivity index (χ1) is 9.97. The maximum Gasteiger partial charge on any atom is 0.262 e. The molecule has 2 rings (SSSR count). The van der Waals surface area contributed by atoms with Gasteiger partial charge in [-0.15, -0.1) is 0 Å². The molecule has 21 heavy (non-hydrogen) atoms. The lowest BCUT2D eigenvalue weighted by atomic mass is 10.2. The maximum atomic E-state index is 12.9. The first-order valence-electron chi connectivity index (χ1n) is 5.89. The molecule has 0 atom stereocenters. The summed E-state index contributed by atoms with van der Waals surface area (Å²) in [6.45, 7) is -0.196. The van der Waals surface area contributed by atoms with Crippen molar-refractivity contribution in [3.63, 3.8) is 0 Å². The number of carbonyl (C=O) groups excluding carboxylic acids is 1. The summed E-state index contributed by atoms with van der Waals surface area (Å²) < 4.78 is 19.8. The van der Waals surface area contributed by atoms with Crippen LogP contribution in [-0.4, -0.2) is 12.5 Å². The summed E-state index contributed by atoms with van der Waals surface area (Å²) in [5, 5.41) is 2.56. The number of hydrogen-bond acceptors (Lipinski definition) is 3. The van der Waals surface area contributed by atoms with Crippen molar-refractivity contribution in [2.45, 2.75) is 0 Å². The number of para-hydroxylation sites is 1. The van der Waals surface area contributed by atoms with Gasteiger partial charge in [-0.3, -0.25) is 4.79 Å². The number of anilines is 2. The molecule has 110 valence electrons. The molecule has 0 saturated carbocycles. The van der Waals surface area contributed by atoms with Crippen LogP contribution in [0.1, 0.15) is 0 Å². The summed E-state index contributed by atoms with van der Waals surface area (Å²) in [7, 11) is 0. The largest absolute Gasteiger partial charge is 0.481 e. The van der Waals surface area contributed by atoms with E-state index in [1.807, 2.05) is 6.07 Å². The summed E-state index contributed by atoms with van der Waals surface area (Å²) in [6, 6.07) is 9.20. The molecule has 0 aromatic heterocycles. The van der Waals surface area contributed by atoms with Gasteiger partial charge in [-0.2, -0.15) is 0 Å². The highest BCUT2D eigenvalue weighted by Crippen LogP contribution is 2.32. The van der Waals surface area contributed by atoms with Crippen LogP contribution in [0.5, 0.6) is 5.75 Å². The Morgan fingerprint density at radius 1 is 1.24 bits per heavy atom. The first-order valence-corrected chi connectivity index (χ1v) is 7.47. The topological polar surface area (TPSA) is 64.3 Å². The Morgan fingerprint density at radius 3 is 2.52 bits per heavy atom. The monoisotopic (exact) mass is 416 g/mol. The van der Waals surface area contributed by atoms with Crippen molar-refractivity contribution in [2.75, 3.05) is 17.7 Å². The number of nitrogens with two attached hydrogens (primary N) is 1. The number of benzene rings is 2. The van der Waals surface area contributed by atoms with Crippen molar-refractivity contribution in [3.8, 4) is 5.75 Å². The van der Waals surface area contributed by atoms with Gasteiger partial charge >= 0.3 is 0 Å². The predicted octanol–water partition coefficient (Wildman–Crippen LogP) is 3.95. The van der Waals surface area contributed by atoms with E-state index in [0.29, 0.717) is 11.4 Å². The van der Waals surface area contributed by atoms with Crippen LogP contribution in [0.25, 0.3) is 0 Å². The van der Waals surface area contributed by atoms with Crippen LogP contribution in [0.3, 0.4) is 0 Å². The molecule has 0 heterocycles. The highest BCUT2D eigenvalue weighted by molar-refractivity contribution is 9.11. The average Bonchev–Trinajstić information content (AvgIpc) is 2.41. The van der Waals surface area contributed by atoms with Gasteiger partial charge in [-0.05, 0) is 62.2 Å². The van der Waals surface area contributed by atoms with Gasteiger partial charge in [-0.25, -0.2) is 4.39 Å². The van der Waals surface area contributed by atoms with E-state index in [1.165, 1.54) is 12.1 Å². The maximum absolute atomic E-state index is 12.9. The molecule has 0 aliphatic carbocycles. The van der Waals surface area contributed by atoms with E-state index in [-0.39, 0.29) is 12.3 Å². The summed E-state index contributed by atoms with van der Waals surface area (Å²) in [5.41, 5.74) is 6.12. The highest BCUT2D eigenvalue weighted by atomic mass is 79.9. The van der Waals surface area contributed by atoms with Crippen LogP contribution in [0, 0.1) is 5.82 Å². The number of amides is 1. The van der Waals surface area contributed by atoms with Crippen LogP contribution in [-0.2, 0) is 4.79 Å². The SMILES string of the molecule is Nc1cc(F)ccc1NC(=O)COc1c(Br)cccc1Br. The van der Waals surface area contributed by atoms with Gasteiger partial charge in [0.1, 0.15) is 11.6 Å². The third kappa shape index (κ3) is 4.18. The smallest absolute Gasteiger partial charge is 0.262 e. The molecule has 0 bridgehead atoms. The second-order valence-corrected chi connectivity index (χ2v) is 5.83. The molecule has 0 fully saturated rings. The number of nitrogen functional groups attached to an aromatic ring is 1. The Kier molecular flexibility index (Phi) is 5.19. The fourth-order valence-corrected chi connectivity index (χ4v) is 2.82. The van der Waals surface area contributed by atoms with E-state index in [2.05, 4.69) is 37.2 Å². The van der Waals surface area contributed by atoms with Gasteiger partial charge in [0.2, 0.25) is 0 Å². The summed E-state index contributed by atoms with van der Waals surface area (Å²) in [4.78, 5) is 11.8. The van der Waals surface area contributed by atoms with E-state index in [0.717, 1.165) is 15.0 Å². The van der Waals surface area contributed by atoms with Crippen molar-refractivity contribution in [3.05, 3.63) is 51.2 Å². The van der Waals surface area contributed by atoms with Crippen LogP contribution >= 0.6 is 31.9 Å². The van der Waals surface area contributed by atoms with Gasteiger partial charge in [0.15, 0.2) is 6.61 Å². The fourth-order valence-electron chi connectivity index (χ4n) is 1.59.